The molecule has 1 aromatic heterocycles. The van der Waals surface area contributed by atoms with Crippen LogP contribution in [0.1, 0.15) is 11.6 Å². The third kappa shape index (κ3) is 2.19. The lowest BCUT2D eigenvalue weighted by atomic mass is 10.0. The molecule has 1 unspecified atom stereocenters. The quantitative estimate of drug-likeness (QED) is 0.779. The summed E-state index contributed by atoms with van der Waals surface area (Å²) in [7, 11) is 1.31. The summed E-state index contributed by atoms with van der Waals surface area (Å²) in [6, 6.07) is 8.74. The standard InChI is InChI=1S/C12H13N3O2/c1-17-12(16)10(13)9-7-14-15-11(9)8-5-3-2-4-6-8/h2-7,10H,13H2,1H3,(H,14,15). The van der Waals surface area contributed by atoms with E-state index in [1.165, 1.54) is 7.11 Å². The number of ether oxygens (including phenoxy) is 1. The van der Waals surface area contributed by atoms with Crippen molar-refractivity contribution < 1.29 is 9.53 Å². The van der Waals surface area contributed by atoms with Crippen LogP contribution in [0.25, 0.3) is 11.3 Å². The van der Waals surface area contributed by atoms with Crippen LogP contribution in [-0.4, -0.2) is 23.3 Å². The van der Waals surface area contributed by atoms with Crippen molar-refractivity contribution in [3.63, 3.8) is 0 Å². The number of aromatic nitrogens is 2. The predicted octanol–water partition coefficient (Wildman–Crippen LogP) is 1.25. The van der Waals surface area contributed by atoms with Gasteiger partial charge in [0.15, 0.2) is 0 Å². The van der Waals surface area contributed by atoms with Crippen LogP contribution in [0.3, 0.4) is 0 Å². The molecule has 0 amide bonds. The molecule has 2 aromatic rings. The van der Waals surface area contributed by atoms with E-state index in [1.807, 2.05) is 30.3 Å². The summed E-state index contributed by atoms with van der Waals surface area (Å²) in [5.74, 6) is -0.483. The van der Waals surface area contributed by atoms with Crippen molar-refractivity contribution in [2.75, 3.05) is 7.11 Å². The summed E-state index contributed by atoms with van der Waals surface area (Å²) in [5.41, 5.74) is 8.09. The van der Waals surface area contributed by atoms with Crippen molar-refractivity contribution >= 4 is 5.97 Å². The molecule has 1 aromatic carbocycles. The van der Waals surface area contributed by atoms with Crippen molar-refractivity contribution in [2.45, 2.75) is 6.04 Å². The molecular weight excluding hydrogens is 218 g/mol. The molecule has 5 nitrogen and oxygen atoms in total. The van der Waals surface area contributed by atoms with E-state index in [0.29, 0.717) is 5.56 Å². The molecule has 5 heteroatoms. The van der Waals surface area contributed by atoms with E-state index in [9.17, 15) is 4.79 Å². The van der Waals surface area contributed by atoms with Crippen LogP contribution in [-0.2, 0) is 9.53 Å². The minimum Gasteiger partial charge on any atom is -0.468 e. The Morgan fingerprint density at radius 2 is 2.12 bits per heavy atom. The monoisotopic (exact) mass is 231 g/mol. The van der Waals surface area contributed by atoms with Crippen LogP contribution in [0.15, 0.2) is 36.5 Å². The van der Waals surface area contributed by atoms with Gasteiger partial charge in [-0.1, -0.05) is 30.3 Å². The number of benzene rings is 1. The van der Waals surface area contributed by atoms with Crippen molar-refractivity contribution in [1.29, 1.82) is 0 Å². The first-order valence-corrected chi connectivity index (χ1v) is 5.16. The molecule has 3 N–H and O–H groups in total. The first-order valence-electron chi connectivity index (χ1n) is 5.16. The number of rotatable bonds is 3. The maximum atomic E-state index is 11.4. The van der Waals surface area contributed by atoms with Gasteiger partial charge in [0, 0.05) is 5.56 Å². The highest BCUT2D eigenvalue weighted by Gasteiger charge is 2.21. The molecule has 0 saturated carbocycles. The molecule has 0 saturated heterocycles. The normalized spacial score (nSPS) is 12.1. The Morgan fingerprint density at radius 1 is 1.41 bits per heavy atom. The number of carbonyl (C=O) groups excluding carboxylic acids is 1. The van der Waals surface area contributed by atoms with Gasteiger partial charge in [-0.3, -0.25) is 9.89 Å². The average Bonchev–Trinajstić information content (AvgIpc) is 2.87. The maximum Gasteiger partial charge on any atom is 0.327 e. The van der Waals surface area contributed by atoms with Crippen molar-refractivity contribution in [1.82, 2.24) is 10.2 Å². The molecule has 1 atom stereocenters. The number of hydrogen-bond acceptors (Lipinski definition) is 4. The summed E-state index contributed by atoms with van der Waals surface area (Å²) in [6.45, 7) is 0. The lowest BCUT2D eigenvalue weighted by Gasteiger charge is -2.09. The number of aromatic amines is 1. The van der Waals surface area contributed by atoms with Crippen LogP contribution < -0.4 is 5.73 Å². The van der Waals surface area contributed by atoms with Gasteiger partial charge >= 0.3 is 5.97 Å². The molecule has 0 aliphatic rings. The fraction of sp³-hybridized carbons (Fsp3) is 0.167. The van der Waals surface area contributed by atoms with Crippen LogP contribution in [0, 0.1) is 0 Å². The number of H-pyrrole nitrogens is 1. The SMILES string of the molecule is COC(=O)C(N)c1cn[nH]c1-c1ccccc1. The smallest absolute Gasteiger partial charge is 0.327 e. The molecule has 0 aliphatic heterocycles. The Hall–Kier alpha value is -2.14. The number of nitrogens with two attached hydrogens (primary N) is 1. The Bertz CT molecular complexity index is 507. The predicted molar refractivity (Wildman–Crippen MR) is 63.0 cm³/mol. The molecule has 0 spiro atoms. The molecule has 0 bridgehead atoms. The second kappa shape index (κ2) is 4.80. The highest BCUT2D eigenvalue weighted by molar-refractivity contribution is 5.80. The first-order chi connectivity index (χ1) is 8.24. The zero-order valence-electron chi connectivity index (χ0n) is 9.38. The second-order valence-corrected chi connectivity index (χ2v) is 3.57. The number of esters is 1. The van der Waals surface area contributed by atoms with E-state index in [4.69, 9.17) is 5.73 Å². The second-order valence-electron chi connectivity index (χ2n) is 3.57. The average molecular weight is 231 g/mol. The lowest BCUT2D eigenvalue weighted by molar-refractivity contribution is -0.142. The molecule has 0 radical (unpaired) electrons. The topological polar surface area (TPSA) is 81.0 Å². The van der Waals surface area contributed by atoms with Crippen LogP contribution in [0.5, 0.6) is 0 Å². The van der Waals surface area contributed by atoms with E-state index in [1.54, 1.807) is 6.20 Å². The first kappa shape index (κ1) is 11.3. The van der Waals surface area contributed by atoms with Gasteiger partial charge in [-0.25, -0.2) is 0 Å². The highest BCUT2D eigenvalue weighted by atomic mass is 16.5. The molecule has 88 valence electrons. The Kier molecular flexibility index (Phi) is 3.20. The molecular formula is C12H13N3O2. The summed E-state index contributed by atoms with van der Waals surface area (Å²) < 4.78 is 4.62. The van der Waals surface area contributed by atoms with Gasteiger partial charge in [0.2, 0.25) is 0 Å². The van der Waals surface area contributed by atoms with Crippen LogP contribution in [0.4, 0.5) is 0 Å². The van der Waals surface area contributed by atoms with E-state index >= 15 is 0 Å². The maximum absolute atomic E-state index is 11.4. The van der Waals surface area contributed by atoms with E-state index < -0.39 is 12.0 Å². The van der Waals surface area contributed by atoms with Gasteiger partial charge in [-0.05, 0) is 5.56 Å². The van der Waals surface area contributed by atoms with Crippen LogP contribution >= 0.6 is 0 Å². The minimum atomic E-state index is -0.825. The number of nitrogens with zero attached hydrogens (tertiary/aromatic N) is 1. The summed E-state index contributed by atoms with van der Waals surface area (Å²) in [5, 5.41) is 6.77. The van der Waals surface area contributed by atoms with Gasteiger partial charge in [-0.15, -0.1) is 0 Å². The third-order valence-corrected chi connectivity index (χ3v) is 2.52. The fourth-order valence-corrected chi connectivity index (χ4v) is 1.62. The Labute approximate surface area is 98.6 Å². The van der Waals surface area contributed by atoms with Crippen molar-refractivity contribution in [3.05, 3.63) is 42.1 Å². The van der Waals surface area contributed by atoms with E-state index in [2.05, 4.69) is 14.9 Å². The summed E-state index contributed by atoms with van der Waals surface area (Å²) >= 11 is 0. The summed E-state index contributed by atoms with van der Waals surface area (Å²) in [6.07, 6.45) is 1.55. The number of hydrogen-bond donors (Lipinski definition) is 2. The van der Waals surface area contributed by atoms with Crippen molar-refractivity contribution in [3.8, 4) is 11.3 Å². The van der Waals surface area contributed by atoms with Crippen LogP contribution in [0.2, 0.25) is 0 Å². The van der Waals surface area contributed by atoms with Crippen molar-refractivity contribution in [2.24, 2.45) is 5.73 Å². The zero-order valence-corrected chi connectivity index (χ0v) is 9.38. The van der Waals surface area contributed by atoms with E-state index in [0.717, 1.165) is 11.3 Å². The minimum absolute atomic E-state index is 0.483. The fourth-order valence-electron chi connectivity index (χ4n) is 1.62. The number of methoxy groups -OCH3 is 1. The molecule has 1 heterocycles. The van der Waals surface area contributed by atoms with Gasteiger partial charge in [0.1, 0.15) is 6.04 Å². The lowest BCUT2D eigenvalue weighted by Crippen LogP contribution is -2.22. The van der Waals surface area contributed by atoms with Gasteiger partial charge in [0.25, 0.3) is 0 Å². The van der Waals surface area contributed by atoms with Gasteiger partial charge in [0.05, 0.1) is 19.0 Å². The molecule has 0 fully saturated rings. The highest BCUT2D eigenvalue weighted by Crippen LogP contribution is 2.25. The Morgan fingerprint density at radius 3 is 2.76 bits per heavy atom. The molecule has 0 aliphatic carbocycles. The number of nitrogens with one attached hydrogen (secondary N) is 1. The van der Waals surface area contributed by atoms with E-state index in [-0.39, 0.29) is 0 Å². The Balaban J connectivity index is 2.39. The zero-order chi connectivity index (χ0) is 12.3. The summed E-state index contributed by atoms with van der Waals surface area (Å²) in [4.78, 5) is 11.4. The number of carbonyl (C=O) groups is 1. The van der Waals surface area contributed by atoms with Gasteiger partial charge in [-0.2, -0.15) is 5.10 Å². The van der Waals surface area contributed by atoms with Gasteiger partial charge < -0.3 is 10.5 Å². The molecule has 2 rings (SSSR count). The largest absolute Gasteiger partial charge is 0.468 e. The third-order valence-electron chi connectivity index (χ3n) is 2.52. The molecule has 17 heavy (non-hydrogen) atoms.